The van der Waals surface area contributed by atoms with Crippen molar-refractivity contribution in [3.05, 3.63) is 108 Å². The summed E-state index contributed by atoms with van der Waals surface area (Å²) < 4.78 is 3.21. The number of rotatable bonds is 3. The number of pyridine rings is 1. The number of para-hydroxylation sites is 1. The minimum atomic E-state index is 0.705. The Bertz CT molecular complexity index is 1260. The fraction of sp³-hybridized carbons (Fsp3) is 0.0417. The van der Waals surface area contributed by atoms with Crippen LogP contribution < -0.4 is 4.73 Å². The molecule has 0 atom stereocenters. The molecule has 5 aromatic rings. The minimum Gasteiger partial charge on any atom is -0.618 e. The van der Waals surface area contributed by atoms with E-state index in [2.05, 4.69) is 47.2 Å². The fourth-order valence-corrected chi connectivity index (χ4v) is 3.81. The van der Waals surface area contributed by atoms with Crippen LogP contribution in [0.25, 0.3) is 32.9 Å². The molecule has 0 aliphatic carbocycles. The molecule has 2 aromatic heterocycles. The molecule has 0 amide bonds. The number of fused-ring (bicyclic) bond motifs is 2. The molecule has 0 spiro atoms. The van der Waals surface area contributed by atoms with Crippen molar-refractivity contribution in [3.8, 4) is 11.3 Å². The Labute approximate surface area is 157 Å². The highest BCUT2D eigenvalue weighted by Gasteiger charge is 2.19. The minimum absolute atomic E-state index is 0.705. The highest BCUT2D eigenvalue weighted by molar-refractivity contribution is 6.02. The van der Waals surface area contributed by atoms with E-state index in [1.807, 2.05) is 48.5 Å². The predicted octanol–water partition coefficient (Wildman–Crippen LogP) is 5.14. The van der Waals surface area contributed by atoms with E-state index < -0.39 is 0 Å². The van der Waals surface area contributed by atoms with Crippen molar-refractivity contribution < 1.29 is 4.73 Å². The molecule has 0 aliphatic rings. The Morgan fingerprint density at radius 2 is 1.44 bits per heavy atom. The smallest absolute Gasteiger partial charge is 0.233 e. The third-order valence-electron chi connectivity index (χ3n) is 5.07. The van der Waals surface area contributed by atoms with Gasteiger partial charge in [-0.2, -0.15) is 4.73 Å². The molecule has 0 saturated carbocycles. The monoisotopic (exact) mass is 350 g/mol. The van der Waals surface area contributed by atoms with E-state index in [0.29, 0.717) is 5.69 Å². The first-order valence-corrected chi connectivity index (χ1v) is 9.04. The maximum absolute atomic E-state index is 12.8. The van der Waals surface area contributed by atoms with E-state index in [1.54, 1.807) is 6.20 Å². The van der Waals surface area contributed by atoms with Gasteiger partial charge in [0.25, 0.3) is 0 Å². The lowest BCUT2D eigenvalue weighted by molar-refractivity contribution is -0.592. The van der Waals surface area contributed by atoms with Gasteiger partial charge in [-0.1, -0.05) is 66.7 Å². The lowest BCUT2D eigenvalue weighted by Gasteiger charge is -2.07. The van der Waals surface area contributed by atoms with Gasteiger partial charge in [0, 0.05) is 29.7 Å². The van der Waals surface area contributed by atoms with Gasteiger partial charge >= 0.3 is 0 Å². The summed E-state index contributed by atoms with van der Waals surface area (Å²) in [7, 11) is 0. The molecule has 0 unspecified atom stereocenters. The number of hydrogen-bond acceptors (Lipinski definition) is 1. The molecular weight excluding hydrogens is 332 g/mol. The largest absolute Gasteiger partial charge is 0.618 e. The summed E-state index contributed by atoms with van der Waals surface area (Å²) in [6, 6.07) is 28.6. The van der Waals surface area contributed by atoms with Gasteiger partial charge < -0.3 is 9.77 Å². The SMILES string of the molecule is [O-][n+]1ccc2ccccc2c1-c1cn(Cc2ccccc2)c2ccccc12. The summed E-state index contributed by atoms with van der Waals surface area (Å²) in [5.74, 6) is 0. The van der Waals surface area contributed by atoms with Gasteiger partial charge in [0.15, 0.2) is 6.20 Å². The second-order valence-corrected chi connectivity index (χ2v) is 6.75. The molecule has 0 aliphatic heterocycles. The Kier molecular flexibility index (Phi) is 3.65. The zero-order chi connectivity index (χ0) is 18.2. The molecule has 0 radical (unpaired) electrons. The molecule has 0 fully saturated rings. The van der Waals surface area contributed by atoms with E-state index in [-0.39, 0.29) is 0 Å². The molecule has 0 saturated heterocycles. The third kappa shape index (κ3) is 2.64. The van der Waals surface area contributed by atoms with Gasteiger partial charge in [0.2, 0.25) is 5.69 Å². The Morgan fingerprint density at radius 3 is 2.30 bits per heavy atom. The summed E-state index contributed by atoms with van der Waals surface area (Å²) >= 11 is 0. The van der Waals surface area contributed by atoms with Crippen LogP contribution in [0.3, 0.4) is 0 Å². The van der Waals surface area contributed by atoms with Crippen LogP contribution in [0.1, 0.15) is 5.56 Å². The molecule has 130 valence electrons. The van der Waals surface area contributed by atoms with Crippen LogP contribution in [0.5, 0.6) is 0 Å². The summed E-state index contributed by atoms with van der Waals surface area (Å²) in [6.07, 6.45) is 3.70. The van der Waals surface area contributed by atoms with E-state index in [9.17, 15) is 5.21 Å². The van der Waals surface area contributed by atoms with E-state index >= 15 is 0 Å². The summed E-state index contributed by atoms with van der Waals surface area (Å²) in [6.45, 7) is 0.769. The zero-order valence-corrected chi connectivity index (χ0v) is 14.7. The van der Waals surface area contributed by atoms with Gasteiger partial charge in [-0.15, -0.1) is 0 Å². The van der Waals surface area contributed by atoms with Crippen molar-refractivity contribution in [1.29, 1.82) is 0 Å². The highest BCUT2D eigenvalue weighted by atomic mass is 16.5. The summed E-state index contributed by atoms with van der Waals surface area (Å²) in [4.78, 5) is 0. The van der Waals surface area contributed by atoms with Crippen molar-refractivity contribution in [2.45, 2.75) is 6.54 Å². The first kappa shape index (κ1) is 15.6. The van der Waals surface area contributed by atoms with Gasteiger partial charge in [-0.05, 0) is 23.1 Å². The Balaban J connectivity index is 1.77. The lowest BCUT2D eigenvalue weighted by Crippen LogP contribution is -2.28. The molecular formula is C24H18N2O. The first-order valence-electron chi connectivity index (χ1n) is 9.04. The van der Waals surface area contributed by atoms with Gasteiger partial charge in [-0.3, -0.25) is 0 Å². The Hall–Kier alpha value is -3.59. The zero-order valence-electron chi connectivity index (χ0n) is 14.7. The average molecular weight is 350 g/mol. The molecule has 5 rings (SSSR count). The van der Waals surface area contributed by atoms with Crippen molar-refractivity contribution in [1.82, 2.24) is 4.57 Å². The molecule has 27 heavy (non-hydrogen) atoms. The molecule has 0 bridgehead atoms. The fourth-order valence-electron chi connectivity index (χ4n) is 3.81. The average Bonchev–Trinajstić information content (AvgIpc) is 3.07. The van der Waals surface area contributed by atoms with Crippen molar-refractivity contribution >= 4 is 21.7 Å². The van der Waals surface area contributed by atoms with Crippen molar-refractivity contribution in [2.24, 2.45) is 0 Å². The predicted molar refractivity (Wildman–Crippen MR) is 109 cm³/mol. The summed E-state index contributed by atoms with van der Waals surface area (Å²) in [5.41, 5.74) is 4.03. The van der Waals surface area contributed by atoms with Crippen LogP contribution in [-0.2, 0) is 6.54 Å². The van der Waals surface area contributed by atoms with Gasteiger partial charge in [0.1, 0.15) is 0 Å². The maximum atomic E-state index is 12.8. The van der Waals surface area contributed by atoms with Crippen LogP contribution in [0.2, 0.25) is 0 Å². The van der Waals surface area contributed by atoms with Crippen LogP contribution >= 0.6 is 0 Å². The van der Waals surface area contributed by atoms with Crippen LogP contribution in [0.15, 0.2) is 97.3 Å². The molecule has 3 nitrogen and oxygen atoms in total. The topological polar surface area (TPSA) is 31.9 Å². The lowest BCUT2D eigenvalue weighted by atomic mass is 10.0. The standard InChI is InChI=1S/C24H18N2O/c27-26-15-14-19-10-4-5-11-20(19)24(26)22-17-25(16-18-8-2-1-3-9-18)23-13-7-6-12-21(22)23/h1-15,17H,16H2. The quantitative estimate of drug-likeness (QED) is 0.327. The third-order valence-corrected chi connectivity index (χ3v) is 5.07. The van der Waals surface area contributed by atoms with E-state index in [0.717, 1.165) is 38.5 Å². The molecule has 3 aromatic carbocycles. The van der Waals surface area contributed by atoms with Crippen molar-refractivity contribution in [2.75, 3.05) is 0 Å². The Morgan fingerprint density at radius 1 is 0.741 bits per heavy atom. The number of aromatic nitrogens is 2. The number of benzene rings is 3. The molecule has 3 heteroatoms. The normalized spacial score (nSPS) is 11.3. The van der Waals surface area contributed by atoms with Crippen LogP contribution in [0, 0.1) is 5.21 Å². The summed E-state index contributed by atoms with van der Waals surface area (Å²) in [5, 5.41) is 15.9. The first-order chi connectivity index (χ1) is 13.3. The highest BCUT2D eigenvalue weighted by Crippen LogP contribution is 2.33. The van der Waals surface area contributed by atoms with Crippen LogP contribution in [-0.4, -0.2) is 4.57 Å². The second-order valence-electron chi connectivity index (χ2n) is 6.75. The maximum Gasteiger partial charge on any atom is 0.233 e. The number of nitrogens with zero attached hydrogens (tertiary/aromatic N) is 2. The van der Waals surface area contributed by atoms with Gasteiger partial charge in [0.05, 0.1) is 10.9 Å². The van der Waals surface area contributed by atoms with E-state index in [1.165, 1.54) is 5.56 Å². The molecule has 0 N–H and O–H groups in total. The van der Waals surface area contributed by atoms with Gasteiger partial charge in [-0.25, -0.2) is 0 Å². The molecule has 2 heterocycles. The van der Waals surface area contributed by atoms with Crippen LogP contribution in [0.4, 0.5) is 0 Å². The second kappa shape index (κ2) is 6.29. The van der Waals surface area contributed by atoms with E-state index in [4.69, 9.17) is 0 Å². The van der Waals surface area contributed by atoms with Crippen molar-refractivity contribution in [3.63, 3.8) is 0 Å². The number of hydrogen-bond donors (Lipinski definition) is 0.